The second kappa shape index (κ2) is 8.69. The predicted molar refractivity (Wildman–Crippen MR) is 131 cm³/mol. The molecule has 33 heavy (non-hydrogen) atoms. The van der Waals surface area contributed by atoms with Crippen molar-refractivity contribution in [3.05, 3.63) is 0 Å². The average Bonchev–Trinajstić information content (AvgIpc) is 3.36. The zero-order chi connectivity index (χ0) is 23.5. The summed E-state index contributed by atoms with van der Waals surface area (Å²) in [6.45, 7) is 12.3. The molecule has 0 spiro atoms. The van der Waals surface area contributed by atoms with Crippen molar-refractivity contribution in [2.24, 2.45) is 52.3 Å². The molecular formula is C28H48N2O3. The maximum Gasteiger partial charge on any atom is 0.317 e. The van der Waals surface area contributed by atoms with Gasteiger partial charge in [0.05, 0.1) is 12.2 Å². The molecule has 2 amide bonds. The number of nitrogens with zero attached hydrogens (tertiary/aromatic N) is 1. The first kappa shape index (κ1) is 23.9. The van der Waals surface area contributed by atoms with Gasteiger partial charge >= 0.3 is 6.03 Å². The molecule has 188 valence electrons. The Bertz CT molecular complexity index is 745. The van der Waals surface area contributed by atoms with E-state index in [-0.39, 0.29) is 23.7 Å². The zero-order valence-electron chi connectivity index (χ0n) is 21.4. The van der Waals surface area contributed by atoms with Gasteiger partial charge in [-0.25, -0.2) is 4.79 Å². The summed E-state index contributed by atoms with van der Waals surface area (Å²) < 4.78 is 0. The summed E-state index contributed by atoms with van der Waals surface area (Å²) in [5.74, 6) is 3.75. The number of nitrogens with one attached hydrogen (secondary N) is 1. The smallest absolute Gasteiger partial charge is 0.317 e. The van der Waals surface area contributed by atoms with Crippen molar-refractivity contribution >= 4 is 6.03 Å². The Balaban J connectivity index is 1.35. The summed E-state index contributed by atoms with van der Waals surface area (Å²) in [5.41, 5.74) is 0.586. The lowest BCUT2D eigenvalue weighted by atomic mass is 9.41. The van der Waals surface area contributed by atoms with E-state index in [4.69, 9.17) is 0 Å². The average molecular weight is 461 g/mol. The van der Waals surface area contributed by atoms with Crippen LogP contribution < -0.4 is 5.32 Å². The van der Waals surface area contributed by atoms with Crippen LogP contribution in [0, 0.1) is 52.3 Å². The third kappa shape index (κ3) is 3.66. The quantitative estimate of drug-likeness (QED) is 0.558. The van der Waals surface area contributed by atoms with Gasteiger partial charge in [0, 0.05) is 19.6 Å². The van der Waals surface area contributed by atoms with Gasteiger partial charge in [-0.05, 0) is 104 Å². The van der Waals surface area contributed by atoms with Crippen LogP contribution in [0.15, 0.2) is 0 Å². The van der Waals surface area contributed by atoms with E-state index in [0.29, 0.717) is 46.8 Å². The van der Waals surface area contributed by atoms with E-state index in [1.54, 1.807) is 0 Å². The largest absolute Gasteiger partial charge is 0.393 e. The van der Waals surface area contributed by atoms with Crippen LogP contribution in [0.25, 0.3) is 0 Å². The lowest BCUT2D eigenvalue weighted by Crippen LogP contribution is -2.62. The van der Waals surface area contributed by atoms with Gasteiger partial charge in [0.1, 0.15) is 0 Å². The number of rotatable bonds is 5. The molecule has 4 aliphatic carbocycles. The van der Waals surface area contributed by atoms with Gasteiger partial charge in [0.25, 0.3) is 0 Å². The zero-order valence-corrected chi connectivity index (χ0v) is 21.4. The number of hydrogen-bond donors (Lipinski definition) is 3. The number of aliphatic hydroxyl groups excluding tert-OH is 2. The Morgan fingerprint density at radius 3 is 2.48 bits per heavy atom. The molecule has 5 aliphatic rings. The number of urea groups is 1. The molecule has 1 heterocycles. The summed E-state index contributed by atoms with van der Waals surface area (Å²) in [4.78, 5) is 14.0. The molecule has 0 radical (unpaired) electrons. The number of carbonyl (C=O) groups excluding carboxylic acids is 1. The van der Waals surface area contributed by atoms with Crippen molar-refractivity contribution in [2.45, 2.75) is 97.7 Å². The van der Waals surface area contributed by atoms with E-state index in [2.05, 4.69) is 33.0 Å². The Morgan fingerprint density at radius 1 is 1.06 bits per heavy atom. The Morgan fingerprint density at radius 2 is 1.79 bits per heavy atom. The molecule has 0 aromatic carbocycles. The number of amides is 2. The summed E-state index contributed by atoms with van der Waals surface area (Å²) in [6.07, 6.45) is 9.75. The monoisotopic (exact) mass is 460 g/mol. The van der Waals surface area contributed by atoms with Crippen LogP contribution in [0.4, 0.5) is 4.79 Å². The summed E-state index contributed by atoms with van der Waals surface area (Å²) in [6, 6.07) is 0.106. The highest BCUT2D eigenvalue weighted by Gasteiger charge is 2.64. The maximum atomic E-state index is 12.0. The molecule has 0 aromatic heterocycles. The third-order valence-corrected chi connectivity index (χ3v) is 12.0. The molecule has 2 unspecified atom stereocenters. The Labute approximate surface area is 201 Å². The van der Waals surface area contributed by atoms with E-state index in [1.807, 2.05) is 4.90 Å². The second-order valence-electron chi connectivity index (χ2n) is 13.1. The highest BCUT2D eigenvalue weighted by atomic mass is 16.3. The minimum Gasteiger partial charge on any atom is -0.393 e. The Kier molecular flexibility index (Phi) is 6.30. The Hall–Kier alpha value is -0.810. The summed E-state index contributed by atoms with van der Waals surface area (Å²) >= 11 is 0. The summed E-state index contributed by atoms with van der Waals surface area (Å²) in [7, 11) is 0. The first-order chi connectivity index (χ1) is 15.7. The normalized spacial score (nSPS) is 50.4. The van der Waals surface area contributed by atoms with Gasteiger partial charge < -0.3 is 20.4 Å². The van der Waals surface area contributed by atoms with Crippen molar-refractivity contribution in [3.63, 3.8) is 0 Å². The van der Waals surface area contributed by atoms with Gasteiger partial charge in [-0.3, -0.25) is 0 Å². The molecule has 5 nitrogen and oxygen atoms in total. The van der Waals surface area contributed by atoms with Gasteiger partial charge in [-0.2, -0.15) is 0 Å². The van der Waals surface area contributed by atoms with E-state index in [0.717, 1.165) is 51.7 Å². The van der Waals surface area contributed by atoms with Crippen molar-refractivity contribution in [1.82, 2.24) is 10.2 Å². The van der Waals surface area contributed by atoms with E-state index in [1.165, 1.54) is 25.7 Å². The van der Waals surface area contributed by atoms with Crippen LogP contribution in [-0.4, -0.2) is 53.0 Å². The lowest BCUT2D eigenvalue weighted by molar-refractivity contribution is -0.203. The number of fused-ring (bicyclic) bond motifs is 5. The van der Waals surface area contributed by atoms with Crippen LogP contribution in [0.2, 0.25) is 0 Å². The highest BCUT2D eigenvalue weighted by molar-refractivity contribution is 5.76. The fraction of sp³-hybridized carbons (Fsp3) is 0.964. The van der Waals surface area contributed by atoms with Crippen molar-refractivity contribution in [1.29, 1.82) is 0 Å². The first-order valence-electron chi connectivity index (χ1n) is 14.1. The minimum absolute atomic E-state index is 0.106. The maximum absolute atomic E-state index is 12.0. The first-order valence-corrected chi connectivity index (χ1v) is 14.1. The van der Waals surface area contributed by atoms with Gasteiger partial charge in [0.15, 0.2) is 0 Å². The fourth-order valence-electron chi connectivity index (χ4n) is 10.2. The highest BCUT2D eigenvalue weighted by Crippen LogP contribution is 2.69. The van der Waals surface area contributed by atoms with Crippen molar-refractivity contribution in [3.8, 4) is 0 Å². The number of carbonyl (C=O) groups is 1. The second-order valence-corrected chi connectivity index (χ2v) is 13.1. The molecular weight excluding hydrogens is 412 g/mol. The molecule has 5 heteroatoms. The molecule has 11 atom stereocenters. The standard InChI is InChI=1S/C28H48N2O3/c1-5-19-23-16-18(31)8-11-28(23,4)22-9-12-27(3)20(6-7-21(27)24(22)25(19)32)17(2)10-14-30-15-13-29-26(30)33/h17-25,31-32H,5-16H2,1-4H3,(H,29,33)/t17-,18-,19-,20-,21+,22?,23?,24+,25-,27-,28-/m1/s1. The molecule has 0 bridgehead atoms. The van der Waals surface area contributed by atoms with Gasteiger partial charge in [0.2, 0.25) is 0 Å². The molecule has 3 N–H and O–H groups in total. The number of aliphatic hydroxyl groups is 2. The molecule has 4 saturated carbocycles. The number of hydrogen-bond acceptors (Lipinski definition) is 3. The lowest BCUT2D eigenvalue weighted by Gasteiger charge is -2.64. The van der Waals surface area contributed by atoms with Crippen molar-refractivity contribution < 1.29 is 15.0 Å². The van der Waals surface area contributed by atoms with Crippen LogP contribution in [0.1, 0.15) is 85.5 Å². The summed E-state index contributed by atoms with van der Waals surface area (Å²) in [5, 5.41) is 25.2. The van der Waals surface area contributed by atoms with Crippen LogP contribution in [0.5, 0.6) is 0 Å². The molecule has 5 fully saturated rings. The topological polar surface area (TPSA) is 72.8 Å². The molecule has 1 saturated heterocycles. The predicted octanol–water partition coefficient (Wildman–Crippen LogP) is 4.66. The van der Waals surface area contributed by atoms with Crippen LogP contribution in [0.3, 0.4) is 0 Å². The van der Waals surface area contributed by atoms with E-state index >= 15 is 0 Å². The van der Waals surface area contributed by atoms with E-state index in [9.17, 15) is 15.0 Å². The minimum atomic E-state index is -0.213. The molecule has 0 aromatic rings. The SMILES string of the molecule is CC[C@@H]1C2C[C@H](O)CC[C@]2(C)C2CC[C@]3(C)[C@@H]([C@H](C)CCN4CCNC4=O)CC[C@H]3[C@@H]2[C@@H]1O. The fourth-order valence-corrected chi connectivity index (χ4v) is 10.2. The van der Waals surface area contributed by atoms with E-state index < -0.39 is 0 Å². The van der Waals surface area contributed by atoms with Crippen LogP contribution in [-0.2, 0) is 0 Å². The van der Waals surface area contributed by atoms with Gasteiger partial charge in [-0.1, -0.05) is 34.1 Å². The molecule has 5 rings (SSSR count). The van der Waals surface area contributed by atoms with Gasteiger partial charge in [-0.15, -0.1) is 0 Å². The van der Waals surface area contributed by atoms with Crippen LogP contribution >= 0.6 is 0 Å². The third-order valence-electron chi connectivity index (χ3n) is 12.0. The van der Waals surface area contributed by atoms with Crippen molar-refractivity contribution in [2.75, 3.05) is 19.6 Å². The molecule has 1 aliphatic heterocycles.